The average Bonchev–Trinajstić information content (AvgIpc) is 3.49. The first-order chi connectivity index (χ1) is 15.3. The molecule has 2 fully saturated rings. The van der Waals surface area contributed by atoms with Gasteiger partial charge in [-0.3, -0.25) is 14.4 Å². The van der Waals surface area contributed by atoms with E-state index in [1.807, 2.05) is 0 Å². The number of imide groups is 1. The van der Waals surface area contributed by atoms with Crippen LogP contribution in [-0.2, 0) is 29.1 Å². The standard InChI is InChI=1S/C21H22N2O7S2/c1-14(24)30-16-8-6-15(7-9-16)23-19(25)12-18(21(23)26)22(13-17-4-2-10-29-17)32(27,28)20-5-3-11-31-20/h3,5-9,11,17-18H,2,4,10,12-13H2,1H3. The SMILES string of the molecule is CC(=O)Oc1ccc(N2C(=O)CC(N(CC3CCCO3)S(=O)(=O)c3cccs3)C2=O)cc1. The van der Waals surface area contributed by atoms with Crippen molar-refractivity contribution in [2.24, 2.45) is 0 Å². The van der Waals surface area contributed by atoms with Crippen molar-refractivity contribution in [2.75, 3.05) is 18.1 Å². The molecular formula is C21H22N2O7S2. The van der Waals surface area contributed by atoms with Crippen molar-refractivity contribution in [2.45, 2.75) is 42.5 Å². The number of nitrogens with zero attached hydrogens (tertiary/aromatic N) is 2. The molecule has 0 N–H and O–H groups in total. The molecule has 2 atom stereocenters. The van der Waals surface area contributed by atoms with Gasteiger partial charge in [-0.15, -0.1) is 11.3 Å². The van der Waals surface area contributed by atoms with Crippen molar-refractivity contribution in [3.05, 3.63) is 41.8 Å². The summed E-state index contributed by atoms with van der Waals surface area (Å²) in [5, 5.41) is 1.65. The van der Waals surface area contributed by atoms with Crippen molar-refractivity contribution in [1.82, 2.24) is 4.31 Å². The lowest BCUT2D eigenvalue weighted by Crippen LogP contribution is -2.48. The Morgan fingerprint density at radius 3 is 2.59 bits per heavy atom. The zero-order valence-electron chi connectivity index (χ0n) is 17.3. The van der Waals surface area contributed by atoms with Gasteiger partial charge in [-0.2, -0.15) is 4.31 Å². The van der Waals surface area contributed by atoms with E-state index in [-0.39, 0.29) is 34.7 Å². The lowest BCUT2D eigenvalue weighted by Gasteiger charge is -2.28. The van der Waals surface area contributed by atoms with Crippen molar-refractivity contribution in [3.8, 4) is 5.75 Å². The number of amides is 2. The molecule has 1 aromatic heterocycles. The normalized spacial score (nSPS) is 21.5. The topological polar surface area (TPSA) is 110 Å². The second-order valence-corrected chi connectivity index (χ2v) is 10.6. The molecule has 0 radical (unpaired) electrons. The molecule has 0 saturated carbocycles. The van der Waals surface area contributed by atoms with Gasteiger partial charge >= 0.3 is 5.97 Å². The van der Waals surface area contributed by atoms with Gasteiger partial charge in [0.15, 0.2) is 0 Å². The summed E-state index contributed by atoms with van der Waals surface area (Å²) in [6.45, 7) is 1.81. The second-order valence-electron chi connectivity index (χ2n) is 7.52. The monoisotopic (exact) mass is 478 g/mol. The van der Waals surface area contributed by atoms with Crippen LogP contribution >= 0.6 is 11.3 Å². The maximum absolute atomic E-state index is 13.4. The smallest absolute Gasteiger partial charge is 0.308 e. The Morgan fingerprint density at radius 1 is 1.25 bits per heavy atom. The van der Waals surface area contributed by atoms with Crippen LogP contribution in [0.1, 0.15) is 26.2 Å². The molecule has 0 spiro atoms. The second kappa shape index (κ2) is 9.10. The average molecular weight is 479 g/mol. The summed E-state index contributed by atoms with van der Waals surface area (Å²) in [5.41, 5.74) is 0.281. The first kappa shape index (κ1) is 22.6. The number of carbonyl (C=O) groups is 3. The minimum atomic E-state index is -4.00. The Kier molecular flexibility index (Phi) is 6.42. The number of esters is 1. The van der Waals surface area contributed by atoms with Crippen LogP contribution in [0.2, 0.25) is 0 Å². The molecule has 2 saturated heterocycles. The fourth-order valence-corrected chi connectivity index (χ4v) is 6.58. The Morgan fingerprint density at radius 2 is 2.00 bits per heavy atom. The van der Waals surface area contributed by atoms with Crippen LogP contribution in [0.15, 0.2) is 46.0 Å². The minimum Gasteiger partial charge on any atom is -0.427 e. The Labute approximate surface area is 189 Å². The van der Waals surface area contributed by atoms with Crippen LogP contribution in [0.5, 0.6) is 5.75 Å². The fourth-order valence-electron chi connectivity index (χ4n) is 3.85. The van der Waals surface area contributed by atoms with Gasteiger partial charge < -0.3 is 9.47 Å². The van der Waals surface area contributed by atoms with Crippen LogP contribution in [0.25, 0.3) is 0 Å². The van der Waals surface area contributed by atoms with E-state index in [2.05, 4.69) is 0 Å². The fraction of sp³-hybridized carbons (Fsp3) is 0.381. The largest absolute Gasteiger partial charge is 0.427 e. The summed E-state index contributed by atoms with van der Waals surface area (Å²) in [7, 11) is -4.00. The van der Waals surface area contributed by atoms with Gasteiger partial charge in [-0.25, -0.2) is 13.3 Å². The van der Waals surface area contributed by atoms with Gasteiger partial charge in [0.05, 0.1) is 18.2 Å². The number of hydrogen-bond acceptors (Lipinski definition) is 8. The Balaban J connectivity index is 1.63. The summed E-state index contributed by atoms with van der Waals surface area (Å²) < 4.78 is 38.5. The van der Waals surface area contributed by atoms with Crippen LogP contribution in [0.3, 0.4) is 0 Å². The van der Waals surface area contributed by atoms with Crippen molar-refractivity contribution < 1.29 is 32.3 Å². The zero-order valence-corrected chi connectivity index (χ0v) is 18.9. The van der Waals surface area contributed by atoms with Gasteiger partial charge in [-0.1, -0.05) is 6.07 Å². The molecule has 170 valence electrons. The van der Waals surface area contributed by atoms with E-state index in [0.29, 0.717) is 13.0 Å². The first-order valence-corrected chi connectivity index (χ1v) is 12.4. The summed E-state index contributed by atoms with van der Waals surface area (Å²) in [4.78, 5) is 38.1. The van der Waals surface area contributed by atoms with Crippen LogP contribution in [-0.4, -0.2) is 55.8 Å². The van der Waals surface area contributed by atoms with Crippen molar-refractivity contribution >= 4 is 44.8 Å². The van der Waals surface area contributed by atoms with Crippen LogP contribution in [0.4, 0.5) is 5.69 Å². The highest BCUT2D eigenvalue weighted by atomic mass is 32.2. The van der Waals surface area contributed by atoms with Gasteiger partial charge in [0.25, 0.3) is 15.9 Å². The van der Waals surface area contributed by atoms with E-state index in [1.165, 1.54) is 37.3 Å². The molecule has 2 unspecified atom stereocenters. The molecule has 2 aliphatic heterocycles. The van der Waals surface area contributed by atoms with E-state index >= 15 is 0 Å². The van der Waals surface area contributed by atoms with Crippen molar-refractivity contribution in [3.63, 3.8) is 0 Å². The van der Waals surface area contributed by atoms with Crippen molar-refractivity contribution in [1.29, 1.82) is 0 Å². The number of sulfonamides is 1. The van der Waals surface area contributed by atoms with Gasteiger partial charge in [0.1, 0.15) is 16.0 Å². The molecule has 32 heavy (non-hydrogen) atoms. The highest BCUT2D eigenvalue weighted by Gasteiger charge is 2.48. The van der Waals surface area contributed by atoms with E-state index in [0.717, 1.165) is 27.0 Å². The first-order valence-electron chi connectivity index (χ1n) is 10.1. The highest BCUT2D eigenvalue weighted by Crippen LogP contribution is 2.32. The summed E-state index contributed by atoms with van der Waals surface area (Å²) in [6.07, 6.45) is 0.912. The summed E-state index contributed by atoms with van der Waals surface area (Å²) in [5.74, 6) is -1.33. The molecule has 11 heteroatoms. The number of carbonyl (C=O) groups excluding carboxylic acids is 3. The number of rotatable bonds is 7. The summed E-state index contributed by atoms with van der Waals surface area (Å²) >= 11 is 1.06. The van der Waals surface area contributed by atoms with E-state index in [9.17, 15) is 22.8 Å². The molecule has 3 heterocycles. The zero-order chi connectivity index (χ0) is 22.9. The number of hydrogen-bond donors (Lipinski definition) is 0. The molecule has 2 amide bonds. The van der Waals surface area contributed by atoms with Gasteiger partial charge in [0, 0.05) is 20.1 Å². The summed E-state index contributed by atoms with van der Waals surface area (Å²) in [6, 6.07) is 7.85. The number of anilines is 1. The van der Waals surface area contributed by atoms with Crippen LogP contribution in [0, 0.1) is 0 Å². The number of ether oxygens (including phenoxy) is 2. The third-order valence-corrected chi connectivity index (χ3v) is 8.54. The number of benzene rings is 1. The maximum Gasteiger partial charge on any atom is 0.308 e. The molecule has 9 nitrogen and oxygen atoms in total. The van der Waals surface area contributed by atoms with E-state index in [4.69, 9.17) is 9.47 Å². The molecular weight excluding hydrogens is 456 g/mol. The molecule has 1 aromatic carbocycles. The molecule has 2 aromatic rings. The molecule has 4 rings (SSSR count). The highest BCUT2D eigenvalue weighted by molar-refractivity contribution is 7.91. The van der Waals surface area contributed by atoms with Gasteiger partial charge in [-0.05, 0) is 48.6 Å². The molecule has 0 aliphatic carbocycles. The third-order valence-electron chi connectivity index (χ3n) is 5.29. The molecule has 2 aliphatic rings. The lowest BCUT2D eigenvalue weighted by molar-refractivity contribution is -0.132. The van der Waals surface area contributed by atoms with E-state index < -0.39 is 33.8 Å². The van der Waals surface area contributed by atoms with E-state index in [1.54, 1.807) is 11.4 Å². The lowest BCUT2D eigenvalue weighted by atomic mass is 10.2. The molecule has 0 bridgehead atoms. The maximum atomic E-state index is 13.4. The predicted octanol–water partition coefficient (Wildman–Crippen LogP) is 2.18. The Bertz CT molecular complexity index is 1110. The number of thiophene rings is 1. The minimum absolute atomic E-state index is 0.00312. The quantitative estimate of drug-likeness (QED) is 0.341. The Hall–Kier alpha value is -2.60. The van der Waals surface area contributed by atoms with Gasteiger partial charge in [0.2, 0.25) is 5.91 Å². The predicted molar refractivity (Wildman–Crippen MR) is 116 cm³/mol. The van der Waals surface area contributed by atoms with Crippen LogP contribution < -0.4 is 9.64 Å². The third kappa shape index (κ3) is 4.46.